The molecule has 1 aromatic carbocycles. The fourth-order valence-electron chi connectivity index (χ4n) is 3.38. The van der Waals surface area contributed by atoms with Gasteiger partial charge in [-0.15, -0.1) is 11.3 Å². The number of fused-ring (bicyclic) bond motifs is 3. The highest BCUT2D eigenvalue weighted by molar-refractivity contribution is 7.19. The Kier molecular flexibility index (Phi) is 2.89. The summed E-state index contributed by atoms with van der Waals surface area (Å²) in [5.74, 6) is 1.32. The topological polar surface area (TPSA) is 0 Å². The van der Waals surface area contributed by atoms with Crippen LogP contribution in [0.1, 0.15) is 36.1 Å². The summed E-state index contributed by atoms with van der Waals surface area (Å²) in [4.78, 5) is 1.59. The van der Waals surface area contributed by atoms with Gasteiger partial charge in [-0.25, -0.2) is 0 Å². The quantitative estimate of drug-likeness (QED) is 0.607. The van der Waals surface area contributed by atoms with Gasteiger partial charge in [-0.2, -0.15) is 0 Å². The molecule has 0 radical (unpaired) electrons. The molecule has 4 rings (SSSR count). The van der Waals surface area contributed by atoms with Crippen molar-refractivity contribution in [2.75, 3.05) is 0 Å². The van der Waals surface area contributed by atoms with Gasteiger partial charge in [0.2, 0.25) is 0 Å². The summed E-state index contributed by atoms with van der Waals surface area (Å²) >= 11 is 2.00. The maximum absolute atomic E-state index is 2.42. The van der Waals surface area contributed by atoms with Crippen LogP contribution in [0.15, 0.2) is 54.1 Å². The van der Waals surface area contributed by atoms with E-state index in [0.717, 1.165) is 0 Å². The van der Waals surface area contributed by atoms with Crippen LogP contribution >= 0.6 is 11.3 Å². The summed E-state index contributed by atoms with van der Waals surface area (Å²) in [5.41, 5.74) is 2.88. The molecule has 0 nitrogen and oxygen atoms in total. The minimum Gasteiger partial charge on any atom is -0.139 e. The molecular weight excluding hydrogens is 260 g/mol. The van der Waals surface area contributed by atoms with Crippen molar-refractivity contribution in [1.29, 1.82) is 0 Å². The Morgan fingerprint density at radius 3 is 2.85 bits per heavy atom. The van der Waals surface area contributed by atoms with Crippen LogP contribution in [0.5, 0.6) is 0 Å². The third-order valence-corrected chi connectivity index (χ3v) is 5.83. The minimum absolute atomic E-state index is 0.660. The Morgan fingerprint density at radius 1 is 1.10 bits per heavy atom. The van der Waals surface area contributed by atoms with Gasteiger partial charge in [0.15, 0.2) is 0 Å². The molecule has 0 spiro atoms. The highest BCUT2D eigenvalue weighted by Gasteiger charge is 2.27. The first-order valence-corrected chi connectivity index (χ1v) is 8.17. The van der Waals surface area contributed by atoms with E-state index in [1.54, 1.807) is 4.88 Å². The van der Waals surface area contributed by atoms with Crippen LogP contribution in [-0.4, -0.2) is 0 Å². The van der Waals surface area contributed by atoms with Gasteiger partial charge in [-0.3, -0.25) is 0 Å². The number of allylic oxidation sites excluding steroid dienone is 5. The van der Waals surface area contributed by atoms with Crippen molar-refractivity contribution < 1.29 is 0 Å². The zero-order valence-corrected chi connectivity index (χ0v) is 12.5. The smallest absolute Gasteiger partial charge is 0.0352 e. The maximum Gasteiger partial charge on any atom is 0.0352 e. The van der Waals surface area contributed by atoms with E-state index in [1.165, 1.54) is 34.1 Å². The van der Waals surface area contributed by atoms with E-state index in [1.807, 2.05) is 11.3 Å². The molecule has 100 valence electrons. The number of benzene rings is 1. The van der Waals surface area contributed by atoms with Crippen LogP contribution in [0.2, 0.25) is 0 Å². The first-order valence-electron chi connectivity index (χ1n) is 7.36. The Labute approximate surface area is 124 Å². The lowest BCUT2D eigenvalue weighted by Gasteiger charge is -2.27. The van der Waals surface area contributed by atoms with Crippen LogP contribution < -0.4 is 0 Å². The summed E-state index contributed by atoms with van der Waals surface area (Å²) in [6.07, 6.45) is 14.2. The van der Waals surface area contributed by atoms with Gasteiger partial charge in [0.05, 0.1) is 0 Å². The van der Waals surface area contributed by atoms with Crippen molar-refractivity contribution >= 4 is 27.5 Å². The second kappa shape index (κ2) is 4.75. The van der Waals surface area contributed by atoms with Gasteiger partial charge < -0.3 is 0 Å². The second-order valence-corrected chi connectivity index (χ2v) is 6.91. The van der Waals surface area contributed by atoms with Crippen LogP contribution in [0.3, 0.4) is 0 Å². The first-order chi connectivity index (χ1) is 9.83. The summed E-state index contributed by atoms with van der Waals surface area (Å²) < 4.78 is 1.43. The van der Waals surface area contributed by atoms with Crippen LogP contribution in [-0.2, 0) is 0 Å². The van der Waals surface area contributed by atoms with Gasteiger partial charge in [0.25, 0.3) is 0 Å². The minimum atomic E-state index is 0.660. The first kappa shape index (κ1) is 12.2. The Morgan fingerprint density at radius 2 is 2.00 bits per heavy atom. The predicted molar refractivity (Wildman–Crippen MR) is 89.2 cm³/mol. The van der Waals surface area contributed by atoms with E-state index in [-0.39, 0.29) is 0 Å². The van der Waals surface area contributed by atoms with Gasteiger partial charge >= 0.3 is 0 Å². The van der Waals surface area contributed by atoms with Crippen molar-refractivity contribution in [2.45, 2.75) is 25.7 Å². The second-order valence-electron chi connectivity index (χ2n) is 5.83. The van der Waals surface area contributed by atoms with Crippen molar-refractivity contribution in [3.05, 3.63) is 64.6 Å². The average Bonchev–Trinajstić information content (AvgIpc) is 2.87. The fraction of sp³-hybridized carbons (Fsp3) is 0.263. The van der Waals surface area contributed by atoms with Gasteiger partial charge in [0.1, 0.15) is 0 Å². The number of thiophene rings is 1. The number of hydrogen-bond acceptors (Lipinski definition) is 1. The average molecular weight is 278 g/mol. The summed E-state index contributed by atoms with van der Waals surface area (Å²) in [7, 11) is 0. The normalized spacial score (nSPS) is 24.8. The number of hydrogen-bond donors (Lipinski definition) is 0. The monoisotopic (exact) mass is 278 g/mol. The Balaban J connectivity index is 1.79. The molecule has 2 aliphatic rings. The molecule has 1 heteroatoms. The zero-order valence-electron chi connectivity index (χ0n) is 11.7. The van der Waals surface area contributed by atoms with Gasteiger partial charge in [-0.1, -0.05) is 54.2 Å². The molecular formula is C19H18S. The van der Waals surface area contributed by atoms with Crippen molar-refractivity contribution in [2.24, 2.45) is 5.92 Å². The lowest BCUT2D eigenvalue weighted by Crippen LogP contribution is -2.13. The lowest BCUT2D eigenvalue weighted by atomic mass is 9.79. The largest absolute Gasteiger partial charge is 0.139 e. The molecule has 2 aliphatic carbocycles. The van der Waals surface area contributed by atoms with Crippen molar-refractivity contribution in [3.8, 4) is 0 Å². The summed E-state index contributed by atoms with van der Waals surface area (Å²) in [5, 5.41) is 1.43. The SMILES string of the molecule is CC1=CCC(C2CC=Cc3c2sc2ccccc32)C=C1. The fourth-order valence-corrected chi connectivity index (χ4v) is 4.76. The third kappa shape index (κ3) is 1.89. The Hall–Kier alpha value is -1.60. The summed E-state index contributed by atoms with van der Waals surface area (Å²) in [6, 6.07) is 8.82. The molecule has 0 amide bonds. The van der Waals surface area contributed by atoms with Crippen LogP contribution in [0.4, 0.5) is 0 Å². The van der Waals surface area contributed by atoms with Gasteiger partial charge in [0, 0.05) is 15.5 Å². The molecule has 0 bridgehead atoms. The molecule has 0 N–H and O–H groups in total. The molecule has 2 aromatic rings. The molecule has 2 atom stereocenters. The molecule has 20 heavy (non-hydrogen) atoms. The standard InChI is InChI=1S/C19H18S/c1-13-9-11-14(12-10-13)15-6-4-7-17-16-5-2-3-8-18(16)20-19(15)17/h2-5,7-11,14-15H,6,12H2,1H3. The van der Waals surface area contributed by atoms with Crippen molar-refractivity contribution in [3.63, 3.8) is 0 Å². The number of rotatable bonds is 1. The maximum atomic E-state index is 2.42. The van der Waals surface area contributed by atoms with Crippen LogP contribution in [0.25, 0.3) is 16.2 Å². The van der Waals surface area contributed by atoms with E-state index >= 15 is 0 Å². The molecule has 0 saturated carbocycles. The van der Waals surface area contributed by atoms with Crippen molar-refractivity contribution in [1.82, 2.24) is 0 Å². The molecule has 1 aromatic heterocycles. The van der Waals surface area contributed by atoms with E-state index in [2.05, 4.69) is 61.6 Å². The summed E-state index contributed by atoms with van der Waals surface area (Å²) in [6.45, 7) is 2.19. The lowest BCUT2D eigenvalue weighted by molar-refractivity contribution is 0.515. The molecule has 1 heterocycles. The van der Waals surface area contributed by atoms with Gasteiger partial charge in [-0.05, 0) is 42.7 Å². The predicted octanol–water partition coefficient (Wildman–Crippen LogP) is 5.92. The molecule has 0 fully saturated rings. The molecule has 2 unspecified atom stereocenters. The molecule has 0 aliphatic heterocycles. The highest BCUT2D eigenvalue weighted by atomic mass is 32.1. The van der Waals surface area contributed by atoms with Crippen LogP contribution in [0, 0.1) is 5.92 Å². The van der Waals surface area contributed by atoms with E-state index in [4.69, 9.17) is 0 Å². The highest BCUT2D eigenvalue weighted by Crippen LogP contribution is 2.46. The molecule has 0 saturated heterocycles. The third-order valence-electron chi connectivity index (χ3n) is 4.51. The van der Waals surface area contributed by atoms with E-state index < -0.39 is 0 Å². The van der Waals surface area contributed by atoms with E-state index in [0.29, 0.717) is 11.8 Å². The zero-order chi connectivity index (χ0) is 13.5. The van der Waals surface area contributed by atoms with E-state index in [9.17, 15) is 0 Å². The Bertz CT molecular complexity index is 742.